The van der Waals surface area contributed by atoms with Crippen LogP contribution in [0.25, 0.3) is 0 Å². The molecule has 1 aromatic rings. The summed E-state index contributed by atoms with van der Waals surface area (Å²) in [5, 5.41) is 16.1. The third-order valence-corrected chi connectivity index (χ3v) is 4.20. The van der Waals surface area contributed by atoms with Crippen LogP contribution in [0.5, 0.6) is 0 Å². The van der Waals surface area contributed by atoms with Gasteiger partial charge in [-0.3, -0.25) is 4.98 Å². The number of hydrogen-bond acceptors (Lipinski definition) is 3. The molecule has 1 aromatic heterocycles. The Balaban J connectivity index is 1.74. The van der Waals surface area contributed by atoms with E-state index in [1.807, 2.05) is 32.0 Å². The number of hydrogen-bond donors (Lipinski definition) is 3. The van der Waals surface area contributed by atoms with Gasteiger partial charge in [-0.2, -0.15) is 0 Å². The number of pyridine rings is 1. The van der Waals surface area contributed by atoms with Gasteiger partial charge in [-0.25, -0.2) is 4.79 Å². The summed E-state index contributed by atoms with van der Waals surface area (Å²) in [6.45, 7) is 4.24. The van der Waals surface area contributed by atoms with E-state index in [4.69, 9.17) is 0 Å². The largest absolute Gasteiger partial charge is 0.388 e. The summed E-state index contributed by atoms with van der Waals surface area (Å²) in [5.74, 6) is 0. The average Bonchev–Trinajstić information content (AvgIpc) is 2.46. The highest BCUT2D eigenvalue weighted by molar-refractivity contribution is 5.74. The lowest BCUT2D eigenvalue weighted by molar-refractivity contribution is 0.00713. The molecule has 1 aliphatic rings. The fourth-order valence-corrected chi connectivity index (χ4v) is 2.98. The lowest BCUT2D eigenvalue weighted by atomic mass is 9.85. The van der Waals surface area contributed by atoms with Crippen molar-refractivity contribution in [1.82, 2.24) is 15.6 Å². The van der Waals surface area contributed by atoms with E-state index in [2.05, 4.69) is 15.6 Å². The van der Waals surface area contributed by atoms with E-state index in [0.29, 0.717) is 13.0 Å². The SMILES string of the molecule is Cc1cccc(C[C@H](C)NC(=O)NCC2(O)CCCCC2)n1. The second-order valence-corrected chi connectivity index (χ2v) is 6.49. The Hall–Kier alpha value is -1.62. The molecule has 1 atom stereocenters. The predicted molar refractivity (Wildman–Crippen MR) is 86.7 cm³/mol. The number of rotatable bonds is 5. The summed E-state index contributed by atoms with van der Waals surface area (Å²) in [4.78, 5) is 16.4. The van der Waals surface area contributed by atoms with Crippen molar-refractivity contribution in [2.45, 2.75) is 64.0 Å². The van der Waals surface area contributed by atoms with E-state index in [0.717, 1.165) is 37.1 Å². The molecule has 5 nitrogen and oxygen atoms in total. The lowest BCUT2D eigenvalue weighted by Gasteiger charge is -2.32. The zero-order valence-corrected chi connectivity index (χ0v) is 13.6. The summed E-state index contributed by atoms with van der Waals surface area (Å²) in [7, 11) is 0. The van der Waals surface area contributed by atoms with Crippen molar-refractivity contribution < 1.29 is 9.90 Å². The molecule has 1 fully saturated rings. The van der Waals surface area contributed by atoms with Gasteiger partial charge in [0.1, 0.15) is 0 Å². The molecule has 2 amide bonds. The minimum absolute atomic E-state index is 0.00435. The number of carbonyl (C=O) groups is 1. The van der Waals surface area contributed by atoms with Gasteiger partial charge in [0.05, 0.1) is 5.60 Å². The van der Waals surface area contributed by atoms with Gasteiger partial charge in [0.25, 0.3) is 0 Å². The number of aliphatic hydroxyl groups is 1. The average molecular weight is 305 g/mol. The first kappa shape index (κ1) is 16.7. The van der Waals surface area contributed by atoms with Gasteiger partial charge in [-0.15, -0.1) is 0 Å². The summed E-state index contributed by atoms with van der Waals surface area (Å²) in [6, 6.07) is 5.67. The quantitative estimate of drug-likeness (QED) is 0.781. The molecular weight excluding hydrogens is 278 g/mol. The molecule has 0 unspecified atom stereocenters. The molecule has 122 valence electrons. The van der Waals surface area contributed by atoms with E-state index in [9.17, 15) is 9.90 Å². The number of urea groups is 1. The van der Waals surface area contributed by atoms with Gasteiger partial charge >= 0.3 is 6.03 Å². The first-order valence-electron chi connectivity index (χ1n) is 8.16. The Bertz CT molecular complexity index is 498. The van der Waals surface area contributed by atoms with E-state index >= 15 is 0 Å². The van der Waals surface area contributed by atoms with Crippen LogP contribution in [-0.2, 0) is 6.42 Å². The lowest BCUT2D eigenvalue weighted by Crippen LogP contribution is -2.49. The number of amides is 2. The molecule has 0 aromatic carbocycles. The summed E-state index contributed by atoms with van der Waals surface area (Å²) in [6.07, 6.45) is 5.49. The smallest absolute Gasteiger partial charge is 0.315 e. The Morgan fingerprint density at radius 3 is 2.77 bits per heavy atom. The molecule has 2 rings (SSSR count). The van der Waals surface area contributed by atoms with E-state index in [-0.39, 0.29) is 12.1 Å². The van der Waals surface area contributed by atoms with Gasteiger partial charge in [0.2, 0.25) is 0 Å². The number of carbonyl (C=O) groups excluding carboxylic acids is 1. The van der Waals surface area contributed by atoms with Crippen LogP contribution in [0.4, 0.5) is 4.79 Å². The standard InChI is InChI=1S/C17H27N3O2/c1-13-7-6-8-15(19-13)11-14(2)20-16(21)18-12-17(22)9-4-3-5-10-17/h6-8,14,22H,3-5,9-12H2,1-2H3,(H2,18,20,21)/t14-/m0/s1. The number of nitrogens with zero attached hydrogens (tertiary/aromatic N) is 1. The van der Waals surface area contributed by atoms with Crippen LogP contribution in [0.1, 0.15) is 50.4 Å². The molecular formula is C17H27N3O2. The summed E-state index contributed by atoms with van der Waals surface area (Å²) >= 11 is 0. The van der Waals surface area contributed by atoms with Crippen molar-refractivity contribution in [3.8, 4) is 0 Å². The third kappa shape index (κ3) is 5.30. The zero-order chi connectivity index (χ0) is 16.0. The van der Waals surface area contributed by atoms with Gasteiger partial charge in [0, 0.05) is 30.4 Å². The zero-order valence-electron chi connectivity index (χ0n) is 13.6. The fourth-order valence-electron chi connectivity index (χ4n) is 2.98. The number of aryl methyl sites for hydroxylation is 1. The van der Waals surface area contributed by atoms with Crippen LogP contribution >= 0.6 is 0 Å². The molecule has 5 heteroatoms. The Morgan fingerprint density at radius 2 is 2.09 bits per heavy atom. The van der Waals surface area contributed by atoms with Crippen LogP contribution in [0.3, 0.4) is 0 Å². The maximum Gasteiger partial charge on any atom is 0.315 e. The molecule has 1 saturated carbocycles. The maximum atomic E-state index is 11.9. The van der Waals surface area contributed by atoms with Crippen LogP contribution in [-0.4, -0.2) is 34.3 Å². The Kier molecular flexibility index (Phi) is 5.77. The number of aromatic nitrogens is 1. The van der Waals surface area contributed by atoms with E-state index in [1.54, 1.807) is 0 Å². The maximum absolute atomic E-state index is 11.9. The van der Waals surface area contributed by atoms with Crippen molar-refractivity contribution in [2.75, 3.05) is 6.54 Å². The molecule has 0 spiro atoms. The van der Waals surface area contributed by atoms with Crippen molar-refractivity contribution in [3.05, 3.63) is 29.6 Å². The van der Waals surface area contributed by atoms with Gasteiger partial charge < -0.3 is 15.7 Å². The third-order valence-electron chi connectivity index (χ3n) is 4.20. The van der Waals surface area contributed by atoms with Crippen LogP contribution < -0.4 is 10.6 Å². The van der Waals surface area contributed by atoms with Crippen molar-refractivity contribution in [2.24, 2.45) is 0 Å². The topological polar surface area (TPSA) is 74.2 Å². The van der Waals surface area contributed by atoms with Crippen LogP contribution in [0.15, 0.2) is 18.2 Å². The molecule has 3 N–H and O–H groups in total. The molecule has 0 radical (unpaired) electrons. The molecule has 1 aliphatic carbocycles. The molecule has 22 heavy (non-hydrogen) atoms. The Labute approximate surface area is 132 Å². The normalized spacial score (nSPS) is 18.5. The molecule has 0 saturated heterocycles. The van der Waals surface area contributed by atoms with Gasteiger partial charge in [-0.1, -0.05) is 25.3 Å². The van der Waals surface area contributed by atoms with Gasteiger partial charge in [0.15, 0.2) is 0 Å². The summed E-state index contributed by atoms with van der Waals surface area (Å²) in [5.41, 5.74) is 1.23. The van der Waals surface area contributed by atoms with Crippen molar-refractivity contribution >= 4 is 6.03 Å². The minimum atomic E-state index is -0.725. The van der Waals surface area contributed by atoms with E-state index < -0.39 is 5.60 Å². The summed E-state index contributed by atoms with van der Waals surface area (Å²) < 4.78 is 0. The molecule has 0 aliphatic heterocycles. The second-order valence-electron chi connectivity index (χ2n) is 6.49. The Morgan fingerprint density at radius 1 is 1.36 bits per heavy atom. The van der Waals surface area contributed by atoms with Crippen LogP contribution in [0.2, 0.25) is 0 Å². The second kappa shape index (κ2) is 7.58. The van der Waals surface area contributed by atoms with Crippen LogP contribution in [0, 0.1) is 6.92 Å². The molecule has 0 bridgehead atoms. The highest BCUT2D eigenvalue weighted by Gasteiger charge is 2.29. The van der Waals surface area contributed by atoms with Crippen molar-refractivity contribution in [1.29, 1.82) is 0 Å². The first-order valence-corrected chi connectivity index (χ1v) is 8.16. The van der Waals surface area contributed by atoms with Crippen molar-refractivity contribution in [3.63, 3.8) is 0 Å². The van der Waals surface area contributed by atoms with Gasteiger partial charge in [-0.05, 0) is 38.8 Å². The van der Waals surface area contributed by atoms with E-state index in [1.165, 1.54) is 6.42 Å². The molecule has 1 heterocycles. The first-order chi connectivity index (χ1) is 10.5. The monoisotopic (exact) mass is 305 g/mol. The number of nitrogens with one attached hydrogen (secondary N) is 2. The fraction of sp³-hybridized carbons (Fsp3) is 0.647. The predicted octanol–water partition coefficient (Wildman–Crippen LogP) is 2.32. The highest BCUT2D eigenvalue weighted by atomic mass is 16.3. The minimum Gasteiger partial charge on any atom is -0.388 e. The highest BCUT2D eigenvalue weighted by Crippen LogP contribution is 2.27.